The highest BCUT2D eigenvalue weighted by atomic mass is 35.5. The van der Waals surface area contributed by atoms with E-state index in [9.17, 15) is 0 Å². The van der Waals surface area contributed by atoms with Crippen molar-refractivity contribution in [1.82, 2.24) is 5.32 Å². The highest BCUT2D eigenvalue weighted by Crippen LogP contribution is 2.24. The Balaban J connectivity index is 1.96. The lowest BCUT2D eigenvalue weighted by atomic mass is 10.1. The number of rotatable bonds is 6. The second kappa shape index (κ2) is 7.30. The Morgan fingerprint density at radius 3 is 2.85 bits per heavy atom. The molecule has 0 aliphatic carbocycles. The molecule has 1 heterocycles. The summed E-state index contributed by atoms with van der Waals surface area (Å²) in [7, 11) is 2.10. The van der Waals surface area contributed by atoms with Crippen molar-refractivity contribution in [2.45, 2.75) is 45.4 Å². The van der Waals surface area contributed by atoms with Crippen molar-refractivity contribution in [1.29, 1.82) is 0 Å². The molecule has 1 aliphatic heterocycles. The molecule has 0 bridgehead atoms. The minimum atomic E-state index is 0.362. The van der Waals surface area contributed by atoms with Crippen molar-refractivity contribution in [2.24, 2.45) is 0 Å². The summed E-state index contributed by atoms with van der Waals surface area (Å²) in [5, 5.41) is 4.22. The Labute approximate surface area is 127 Å². The molecule has 0 amide bonds. The van der Waals surface area contributed by atoms with Gasteiger partial charge in [-0.2, -0.15) is 0 Å². The van der Waals surface area contributed by atoms with Crippen molar-refractivity contribution in [2.75, 3.05) is 25.1 Å². The number of hydrogen-bond donors (Lipinski definition) is 1. The number of nitrogens with zero attached hydrogens (tertiary/aromatic N) is 1. The van der Waals surface area contributed by atoms with Gasteiger partial charge in [0.05, 0.1) is 6.10 Å². The molecule has 3 nitrogen and oxygen atoms in total. The molecule has 1 atom stereocenters. The first-order valence-corrected chi connectivity index (χ1v) is 7.78. The number of benzene rings is 1. The molecule has 20 heavy (non-hydrogen) atoms. The maximum atomic E-state index is 6.38. The lowest BCUT2D eigenvalue weighted by Gasteiger charge is -2.23. The molecule has 112 valence electrons. The molecule has 0 aromatic heterocycles. The Bertz CT molecular complexity index is 430. The topological polar surface area (TPSA) is 24.5 Å². The highest BCUT2D eigenvalue weighted by Gasteiger charge is 2.18. The standard InChI is InChI=1S/C16H25ClN2O/c1-12(2)18-10-13-6-7-14(9-16(13)17)19(3)11-15-5-4-8-20-15/h6-7,9,12,15,18H,4-5,8,10-11H2,1-3H3. The van der Waals surface area contributed by atoms with Crippen LogP contribution in [-0.2, 0) is 11.3 Å². The summed E-state index contributed by atoms with van der Waals surface area (Å²) in [6, 6.07) is 6.76. The fraction of sp³-hybridized carbons (Fsp3) is 0.625. The van der Waals surface area contributed by atoms with E-state index in [1.807, 2.05) is 6.07 Å². The highest BCUT2D eigenvalue weighted by molar-refractivity contribution is 6.31. The summed E-state index contributed by atoms with van der Waals surface area (Å²) in [5.41, 5.74) is 2.30. The van der Waals surface area contributed by atoms with Crippen LogP contribution in [-0.4, -0.2) is 32.3 Å². The van der Waals surface area contributed by atoms with Crippen molar-refractivity contribution >= 4 is 17.3 Å². The number of ether oxygens (including phenoxy) is 1. The molecular formula is C16H25ClN2O. The van der Waals surface area contributed by atoms with Crippen LogP contribution >= 0.6 is 11.6 Å². The summed E-state index contributed by atoms with van der Waals surface area (Å²) >= 11 is 6.38. The van der Waals surface area contributed by atoms with Crippen LogP contribution in [0.2, 0.25) is 5.02 Å². The Morgan fingerprint density at radius 1 is 1.45 bits per heavy atom. The van der Waals surface area contributed by atoms with E-state index in [2.05, 4.69) is 43.2 Å². The molecule has 0 spiro atoms. The van der Waals surface area contributed by atoms with Gasteiger partial charge in [0.1, 0.15) is 0 Å². The predicted octanol–water partition coefficient (Wildman–Crippen LogP) is 3.45. The fourth-order valence-electron chi connectivity index (χ4n) is 2.43. The molecule has 1 unspecified atom stereocenters. The fourth-order valence-corrected chi connectivity index (χ4v) is 2.67. The van der Waals surface area contributed by atoms with E-state index in [1.165, 1.54) is 6.42 Å². The lowest BCUT2D eigenvalue weighted by molar-refractivity contribution is 0.116. The van der Waals surface area contributed by atoms with Gasteiger partial charge in [0.25, 0.3) is 0 Å². The number of likely N-dealkylation sites (N-methyl/N-ethyl adjacent to an activating group) is 1. The zero-order chi connectivity index (χ0) is 14.5. The van der Waals surface area contributed by atoms with E-state index >= 15 is 0 Å². The van der Waals surface area contributed by atoms with E-state index in [0.717, 1.165) is 42.4 Å². The average Bonchev–Trinajstić information content (AvgIpc) is 2.89. The molecule has 1 N–H and O–H groups in total. The van der Waals surface area contributed by atoms with Crippen LogP contribution in [0.5, 0.6) is 0 Å². The van der Waals surface area contributed by atoms with Crippen LogP contribution < -0.4 is 10.2 Å². The van der Waals surface area contributed by atoms with Crippen molar-refractivity contribution in [3.63, 3.8) is 0 Å². The van der Waals surface area contributed by atoms with Crippen molar-refractivity contribution < 1.29 is 4.74 Å². The first-order valence-electron chi connectivity index (χ1n) is 7.41. The van der Waals surface area contributed by atoms with E-state index < -0.39 is 0 Å². The lowest BCUT2D eigenvalue weighted by Crippen LogP contribution is -2.28. The van der Waals surface area contributed by atoms with Crippen molar-refractivity contribution in [3.8, 4) is 0 Å². The zero-order valence-electron chi connectivity index (χ0n) is 12.7. The first kappa shape index (κ1) is 15.6. The molecule has 1 aromatic rings. The molecule has 0 saturated carbocycles. The smallest absolute Gasteiger partial charge is 0.0750 e. The van der Waals surface area contributed by atoms with Gasteiger partial charge in [0.15, 0.2) is 0 Å². The molecule has 1 fully saturated rings. The van der Waals surface area contributed by atoms with Gasteiger partial charge < -0.3 is 15.0 Å². The van der Waals surface area contributed by atoms with Crippen molar-refractivity contribution in [3.05, 3.63) is 28.8 Å². The summed E-state index contributed by atoms with van der Waals surface area (Å²) in [6.45, 7) is 6.92. The van der Waals surface area contributed by atoms with Gasteiger partial charge in [-0.1, -0.05) is 31.5 Å². The molecule has 4 heteroatoms. The largest absolute Gasteiger partial charge is 0.376 e. The minimum absolute atomic E-state index is 0.362. The quantitative estimate of drug-likeness (QED) is 0.870. The normalized spacial score (nSPS) is 18.8. The van der Waals surface area contributed by atoms with Gasteiger partial charge in [0, 0.05) is 43.5 Å². The number of hydrogen-bond acceptors (Lipinski definition) is 3. The summed E-state index contributed by atoms with van der Waals surface area (Å²) in [6.07, 6.45) is 2.70. The third-order valence-electron chi connectivity index (χ3n) is 3.68. The van der Waals surface area contributed by atoms with Crippen LogP contribution in [0.25, 0.3) is 0 Å². The SMILES string of the molecule is CC(C)NCc1ccc(N(C)CC2CCCO2)cc1Cl. The van der Waals surface area contributed by atoms with E-state index in [1.54, 1.807) is 0 Å². The average molecular weight is 297 g/mol. The number of halogens is 1. The third kappa shape index (κ3) is 4.37. The predicted molar refractivity (Wildman–Crippen MR) is 85.7 cm³/mol. The van der Waals surface area contributed by atoms with Gasteiger partial charge in [-0.3, -0.25) is 0 Å². The van der Waals surface area contributed by atoms with E-state index in [4.69, 9.17) is 16.3 Å². The monoisotopic (exact) mass is 296 g/mol. The molecule has 1 aliphatic rings. The first-order chi connectivity index (χ1) is 9.56. The van der Waals surface area contributed by atoms with Crippen LogP contribution in [0.1, 0.15) is 32.3 Å². The van der Waals surface area contributed by atoms with Crippen LogP contribution in [0, 0.1) is 0 Å². The Hall–Kier alpha value is -0.770. The van der Waals surface area contributed by atoms with Gasteiger partial charge in [0.2, 0.25) is 0 Å². The molecule has 2 rings (SSSR count). The Kier molecular flexibility index (Phi) is 5.70. The van der Waals surface area contributed by atoms with Gasteiger partial charge in [-0.05, 0) is 30.5 Å². The number of anilines is 1. The summed E-state index contributed by atoms with van der Waals surface area (Å²) in [4.78, 5) is 2.22. The maximum Gasteiger partial charge on any atom is 0.0750 e. The molecule has 1 saturated heterocycles. The number of nitrogens with one attached hydrogen (secondary N) is 1. The second-order valence-corrected chi connectivity index (χ2v) is 6.23. The summed E-state index contributed by atoms with van der Waals surface area (Å²) < 4.78 is 5.68. The van der Waals surface area contributed by atoms with E-state index in [-0.39, 0.29) is 0 Å². The van der Waals surface area contributed by atoms with Crippen LogP contribution in [0.4, 0.5) is 5.69 Å². The van der Waals surface area contributed by atoms with E-state index in [0.29, 0.717) is 12.1 Å². The molecule has 1 aromatic carbocycles. The third-order valence-corrected chi connectivity index (χ3v) is 4.03. The molecule has 0 radical (unpaired) electrons. The second-order valence-electron chi connectivity index (χ2n) is 5.83. The van der Waals surface area contributed by atoms with Gasteiger partial charge in [-0.25, -0.2) is 0 Å². The zero-order valence-corrected chi connectivity index (χ0v) is 13.4. The molecular weight excluding hydrogens is 272 g/mol. The Morgan fingerprint density at radius 2 is 2.25 bits per heavy atom. The van der Waals surface area contributed by atoms with Gasteiger partial charge in [-0.15, -0.1) is 0 Å². The maximum absolute atomic E-state index is 6.38. The van der Waals surface area contributed by atoms with Gasteiger partial charge >= 0.3 is 0 Å². The van der Waals surface area contributed by atoms with Crippen LogP contribution in [0.15, 0.2) is 18.2 Å². The summed E-state index contributed by atoms with van der Waals surface area (Å²) in [5.74, 6) is 0. The minimum Gasteiger partial charge on any atom is -0.376 e. The van der Waals surface area contributed by atoms with Crippen LogP contribution in [0.3, 0.4) is 0 Å².